The smallest absolute Gasteiger partial charge is 0.388 e. The van der Waals surface area contributed by atoms with Crippen LogP contribution in [0, 0.1) is 0 Å². The van der Waals surface area contributed by atoms with Gasteiger partial charge in [-0.15, -0.1) is 0 Å². The van der Waals surface area contributed by atoms with Crippen LogP contribution in [0.2, 0.25) is 0 Å². The highest BCUT2D eigenvalue weighted by atomic mass is 31.2. The highest BCUT2D eigenvalue weighted by Gasteiger charge is 2.36. The molecule has 0 aliphatic heterocycles. The third-order valence-electron chi connectivity index (χ3n) is 1.91. The molecule has 0 radical (unpaired) electrons. The van der Waals surface area contributed by atoms with Gasteiger partial charge in [0.15, 0.2) is 11.9 Å². The van der Waals surface area contributed by atoms with Crippen molar-refractivity contribution in [3.8, 4) is 0 Å². The molecule has 0 heterocycles. The van der Waals surface area contributed by atoms with E-state index in [1.165, 1.54) is 0 Å². The number of hydrogen-bond acceptors (Lipinski definition) is 8. The first-order chi connectivity index (χ1) is 9.37. The van der Waals surface area contributed by atoms with Gasteiger partial charge in [0, 0.05) is 0 Å². The van der Waals surface area contributed by atoms with Gasteiger partial charge < -0.3 is 29.8 Å². The fourth-order valence-corrected chi connectivity index (χ4v) is 1.65. The minimum atomic E-state index is -5.01. The Hall–Kier alpha value is -0.300. The lowest BCUT2D eigenvalue weighted by atomic mass is 10.1. The number of ketones is 1. The number of phosphoric acid groups is 2. The molecule has 0 bridgehead atoms. The summed E-state index contributed by atoms with van der Waals surface area (Å²) in [6.07, 6.45) is -6.92. The number of hydrogen-bond donors (Lipinski definition) is 6. The molecule has 21 heavy (non-hydrogen) atoms. The predicted octanol–water partition coefficient (Wildman–Crippen LogP) is -2.23. The average Bonchev–Trinajstić information content (AvgIpc) is 2.32. The number of Topliss-reactive ketones (excluding diaryl/α,β-unsaturated/α-hetero) is 1. The van der Waals surface area contributed by atoms with Gasteiger partial charge in [0.25, 0.3) is 0 Å². The van der Waals surface area contributed by atoms with Gasteiger partial charge in [0.1, 0.15) is 18.8 Å². The molecule has 0 aliphatic carbocycles. The number of aliphatic hydroxyl groups is 2. The molecule has 3 atom stereocenters. The molecule has 0 amide bonds. The number of aliphatic hydroxyl groups excluding tert-OH is 2. The maximum Gasteiger partial charge on any atom is 0.470 e. The van der Waals surface area contributed by atoms with Crippen molar-refractivity contribution >= 4 is 21.4 Å². The first-order valence-corrected chi connectivity index (χ1v) is 8.00. The van der Waals surface area contributed by atoms with Crippen molar-refractivity contribution in [3.05, 3.63) is 0 Å². The van der Waals surface area contributed by atoms with Crippen LogP contribution >= 0.6 is 15.6 Å². The second-order valence-electron chi connectivity index (χ2n) is 3.58. The second kappa shape index (κ2) is 8.36. The molecule has 0 fully saturated rings. The van der Waals surface area contributed by atoms with Crippen molar-refractivity contribution in [3.63, 3.8) is 0 Å². The number of carbonyl (C=O) groups is 1. The summed E-state index contributed by atoms with van der Waals surface area (Å²) < 4.78 is 40.4. The van der Waals surface area contributed by atoms with E-state index in [4.69, 9.17) is 19.6 Å². The minimum absolute atomic E-state index is 1.19. The van der Waals surface area contributed by atoms with Crippen LogP contribution < -0.4 is 0 Å². The lowest BCUT2D eigenvalue weighted by Gasteiger charge is -2.22. The van der Waals surface area contributed by atoms with Gasteiger partial charge in [-0.1, -0.05) is 0 Å². The zero-order valence-electron chi connectivity index (χ0n) is 10.1. The average molecular weight is 358 g/mol. The molecule has 0 aliphatic rings. The quantitative estimate of drug-likeness (QED) is 0.230. The summed E-state index contributed by atoms with van der Waals surface area (Å²) in [5.74, 6) is -1.46. The second-order valence-corrected chi connectivity index (χ2v) is 6.06. The van der Waals surface area contributed by atoms with Crippen LogP contribution in [0.5, 0.6) is 0 Å². The Morgan fingerprint density at radius 2 is 1.52 bits per heavy atom. The number of halogens is 1. The lowest BCUT2D eigenvalue weighted by Crippen LogP contribution is -2.46. The van der Waals surface area contributed by atoms with E-state index < -0.39 is 53.0 Å². The zero-order chi connectivity index (χ0) is 16.8. The summed E-state index contributed by atoms with van der Waals surface area (Å²) in [6, 6.07) is 0. The fourth-order valence-electron chi connectivity index (χ4n) is 1.00. The zero-order valence-corrected chi connectivity index (χ0v) is 11.8. The Labute approximate surface area is 116 Å². The molecule has 15 heteroatoms. The minimum Gasteiger partial charge on any atom is -0.388 e. The molecule has 12 nitrogen and oxygen atoms in total. The summed E-state index contributed by atoms with van der Waals surface area (Å²) in [4.78, 5) is 47.7. The van der Waals surface area contributed by atoms with Gasteiger partial charge in [0.05, 0.1) is 6.61 Å². The van der Waals surface area contributed by atoms with Gasteiger partial charge in [-0.25, -0.2) is 9.13 Å². The molecular formula is C6H13FO12P2. The highest BCUT2D eigenvalue weighted by Crippen LogP contribution is 2.36. The first kappa shape index (κ1) is 20.7. The van der Waals surface area contributed by atoms with Crippen LogP contribution in [0.3, 0.4) is 0 Å². The Morgan fingerprint density at radius 1 is 1.05 bits per heavy atom. The molecule has 0 aromatic carbocycles. The van der Waals surface area contributed by atoms with Gasteiger partial charge in [0.2, 0.25) is 0 Å². The van der Waals surface area contributed by atoms with Crippen molar-refractivity contribution in [2.75, 3.05) is 13.2 Å². The molecule has 0 unspecified atom stereocenters. The van der Waals surface area contributed by atoms with E-state index in [0.29, 0.717) is 0 Å². The topological polar surface area (TPSA) is 200 Å². The van der Waals surface area contributed by atoms with Crippen molar-refractivity contribution in [2.45, 2.75) is 18.3 Å². The summed E-state index contributed by atoms with van der Waals surface area (Å²) in [6.45, 7) is -2.51. The van der Waals surface area contributed by atoms with Gasteiger partial charge in [-0.05, 0) is 4.53 Å². The molecule has 0 rings (SSSR count). The summed E-state index contributed by atoms with van der Waals surface area (Å²) in [5.41, 5.74) is 0. The molecule has 6 N–H and O–H groups in total. The van der Waals surface area contributed by atoms with Crippen molar-refractivity contribution < 1.29 is 62.2 Å². The molecule has 0 saturated carbocycles. The molecule has 0 aromatic heterocycles. The monoisotopic (exact) mass is 358 g/mol. The Kier molecular flexibility index (Phi) is 8.24. The van der Waals surface area contributed by atoms with E-state index in [-0.39, 0.29) is 0 Å². The number of carbonyl (C=O) groups excluding carboxylic acids is 1. The summed E-state index contributed by atoms with van der Waals surface area (Å²) >= 11 is 0. The molecule has 126 valence electrons. The lowest BCUT2D eigenvalue weighted by molar-refractivity contribution is -0.238. The first-order valence-electron chi connectivity index (χ1n) is 4.94. The van der Waals surface area contributed by atoms with Crippen LogP contribution in [0.1, 0.15) is 0 Å². The molecular weight excluding hydrogens is 345 g/mol. The van der Waals surface area contributed by atoms with Crippen LogP contribution in [-0.4, -0.2) is 67.1 Å². The normalized spacial score (nSPS) is 17.3. The standard InChI is InChI=1S/C6H13FO12P2/c7-19-6(4(9)2-18-21(14,15)16)5(10)3(8)1-17-20(11,12)13/h4-6,9-10H,1-2H2,(H2,11,12,13)(H2,14,15,16)/t4-,5-,6-/m1/s1. The van der Waals surface area contributed by atoms with Crippen LogP contribution in [0.4, 0.5) is 4.53 Å². The van der Waals surface area contributed by atoms with Crippen LogP contribution in [0.15, 0.2) is 0 Å². The number of phosphoric ester groups is 2. The van der Waals surface area contributed by atoms with E-state index in [1.807, 2.05) is 0 Å². The van der Waals surface area contributed by atoms with Gasteiger partial charge in [-0.3, -0.25) is 13.8 Å². The maximum atomic E-state index is 12.2. The number of rotatable bonds is 10. The Bertz CT molecular complexity index is 429. The van der Waals surface area contributed by atoms with E-state index in [9.17, 15) is 28.7 Å². The van der Waals surface area contributed by atoms with Gasteiger partial charge >= 0.3 is 15.6 Å². The van der Waals surface area contributed by atoms with Crippen molar-refractivity contribution in [1.82, 2.24) is 0 Å². The predicted molar refractivity (Wildman–Crippen MR) is 59.0 cm³/mol. The Balaban J connectivity index is 4.59. The van der Waals surface area contributed by atoms with Crippen LogP contribution in [0.25, 0.3) is 0 Å². The van der Waals surface area contributed by atoms with E-state index in [1.54, 1.807) is 0 Å². The van der Waals surface area contributed by atoms with Crippen LogP contribution in [-0.2, 0) is 27.9 Å². The van der Waals surface area contributed by atoms with E-state index in [2.05, 4.69) is 14.0 Å². The third-order valence-corrected chi connectivity index (χ3v) is 2.86. The molecule has 0 saturated heterocycles. The molecule has 0 aromatic rings. The van der Waals surface area contributed by atoms with E-state index >= 15 is 0 Å². The van der Waals surface area contributed by atoms with E-state index in [0.717, 1.165) is 0 Å². The fraction of sp³-hybridized carbons (Fsp3) is 0.833. The Morgan fingerprint density at radius 3 is 1.90 bits per heavy atom. The van der Waals surface area contributed by atoms with Crippen molar-refractivity contribution in [1.29, 1.82) is 0 Å². The van der Waals surface area contributed by atoms with Crippen molar-refractivity contribution in [2.24, 2.45) is 0 Å². The third kappa shape index (κ3) is 9.34. The summed E-state index contributed by atoms with van der Waals surface area (Å²) in [5, 5.41) is 18.6. The molecule has 0 spiro atoms. The summed E-state index contributed by atoms with van der Waals surface area (Å²) in [7, 11) is -10.0. The highest BCUT2D eigenvalue weighted by molar-refractivity contribution is 7.46. The van der Waals surface area contributed by atoms with Gasteiger partial charge in [-0.2, -0.15) is 4.94 Å². The SMILES string of the molecule is O=C(COP(=O)(O)O)[C@@H](O)[C@H](OF)[C@H](O)COP(=O)(O)O. The largest absolute Gasteiger partial charge is 0.470 e. The maximum absolute atomic E-state index is 12.2.